The molecule has 0 aliphatic carbocycles. The van der Waals surface area contributed by atoms with Gasteiger partial charge in [-0.15, -0.1) is 0 Å². The first-order valence-electron chi connectivity index (χ1n) is 3.66. The lowest BCUT2D eigenvalue weighted by atomic mass is 10.2. The lowest BCUT2D eigenvalue weighted by Crippen LogP contribution is -2.21. The molecule has 0 heterocycles. The minimum Gasteiger partial charge on any atom is -0.495 e. The van der Waals surface area contributed by atoms with Crippen molar-refractivity contribution >= 4 is 17.3 Å². The maximum atomic E-state index is 5.63. The third-order valence-electron chi connectivity index (χ3n) is 1.47. The lowest BCUT2D eigenvalue weighted by Gasteiger charge is -2.04. The first-order chi connectivity index (χ1) is 6.13. The third kappa shape index (κ3) is 2.26. The number of hydrogen-bond acceptors (Lipinski definition) is 3. The van der Waals surface area contributed by atoms with Gasteiger partial charge in [0.25, 0.3) is 0 Å². The van der Waals surface area contributed by atoms with Gasteiger partial charge in [0.15, 0.2) is 5.96 Å². The second-order valence-electron chi connectivity index (χ2n) is 2.46. The van der Waals surface area contributed by atoms with Gasteiger partial charge in [0.2, 0.25) is 0 Å². The molecular formula is C8H12N4O. The lowest BCUT2D eigenvalue weighted by molar-refractivity contribution is 0.417. The minimum atomic E-state index is 0.00423. The number of nitrogen functional groups attached to an aromatic ring is 1. The highest BCUT2D eigenvalue weighted by atomic mass is 16.5. The number of anilines is 1. The number of hydrogen-bond donors (Lipinski definition) is 3. The molecule has 13 heavy (non-hydrogen) atoms. The summed E-state index contributed by atoms with van der Waals surface area (Å²) in [5.74, 6) is 0.610. The van der Waals surface area contributed by atoms with Gasteiger partial charge in [-0.25, -0.2) is 4.99 Å². The predicted octanol–water partition coefficient (Wildman–Crippen LogP) is 0.182. The molecule has 0 unspecified atom stereocenters. The van der Waals surface area contributed by atoms with Gasteiger partial charge in [0.1, 0.15) is 5.75 Å². The van der Waals surface area contributed by atoms with Gasteiger partial charge in [-0.2, -0.15) is 0 Å². The summed E-state index contributed by atoms with van der Waals surface area (Å²) >= 11 is 0. The van der Waals surface area contributed by atoms with Crippen LogP contribution in [0, 0.1) is 0 Å². The van der Waals surface area contributed by atoms with Crippen LogP contribution in [-0.2, 0) is 0 Å². The molecule has 1 aromatic carbocycles. The van der Waals surface area contributed by atoms with E-state index in [9.17, 15) is 0 Å². The smallest absolute Gasteiger partial charge is 0.191 e. The Bertz CT molecular complexity index is 331. The first-order valence-corrected chi connectivity index (χ1v) is 3.66. The van der Waals surface area contributed by atoms with Crippen LogP contribution < -0.4 is 21.9 Å². The van der Waals surface area contributed by atoms with E-state index in [1.165, 1.54) is 0 Å². The maximum Gasteiger partial charge on any atom is 0.191 e. The minimum absolute atomic E-state index is 0.00423. The van der Waals surface area contributed by atoms with Crippen LogP contribution in [0.15, 0.2) is 23.2 Å². The molecule has 1 aromatic rings. The predicted molar refractivity (Wildman–Crippen MR) is 52.9 cm³/mol. The van der Waals surface area contributed by atoms with Crippen LogP contribution in [0.1, 0.15) is 0 Å². The number of guanidine groups is 1. The average Bonchev–Trinajstić information content (AvgIpc) is 2.03. The molecular weight excluding hydrogens is 168 g/mol. The van der Waals surface area contributed by atoms with E-state index in [4.69, 9.17) is 21.9 Å². The van der Waals surface area contributed by atoms with Crippen molar-refractivity contribution in [2.75, 3.05) is 12.8 Å². The Labute approximate surface area is 76.2 Å². The van der Waals surface area contributed by atoms with Crippen LogP contribution in [0.5, 0.6) is 5.75 Å². The maximum absolute atomic E-state index is 5.63. The molecule has 0 atom stereocenters. The van der Waals surface area contributed by atoms with E-state index >= 15 is 0 Å². The van der Waals surface area contributed by atoms with Crippen LogP contribution in [0.3, 0.4) is 0 Å². The summed E-state index contributed by atoms with van der Waals surface area (Å²) in [5, 5.41) is 0. The normalized spacial score (nSPS) is 9.31. The number of ether oxygens (including phenoxy) is 1. The molecule has 0 spiro atoms. The van der Waals surface area contributed by atoms with Crippen molar-refractivity contribution in [1.82, 2.24) is 0 Å². The zero-order valence-corrected chi connectivity index (χ0v) is 7.32. The topological polar surface area (TPSA) is 99.6 Å². The summed E-state index contributed by atoms with van der Waals surface area (Å²) in [6, 6.07) is 5.06. The van der Waals surface area contributed by atoms with Gasteiger partial charge in [-0.05, 0) is 18.2 Å². The molecule has 0 aromatic heterocycles. The average molecular weight is 180 g/mol. The molecule has 0 aliphatic heterocycles. The second kappa shape index (κ2) is 3.66. The van der Waals surface area contributed by atoms with E-state index in [1.54, 1.807) is 25.3 Å². The monoisotopic (exact) mass is 180 g/mol. The third-order valence-corrected chi connectivity index (χ3v) is 1.47. The molecule has 1 rings (SSSR count). The number of rotatable bonds is 2. The van der Waals surface area contributed by atoms with Crippen molar-refractivity contribution in [1.29, 1.82) is 0 Å². The van der Waals surface area contributed by atoms with E-state index < -0.39 is 0 Å². The van der Waals surface area contributed by atoms with Crippen molar-refractivity contribution in [3.05, 3.63) is 18.2 Å². The van der Waals surface area contributed by atoms with E-state index in [-0.39, 0.29) is 5.96 Å². The highest BCUT2D eigenvalue weighted by molar-refractivity contribution is 5.79. The molecule has 0 fully saturated rings. The van der Waals surface area contributed by atoms with Crippen molar-refractivity contribution in [3.8, 4) is 5.75 Å². The fourth-order valence-electron chi connectivity index (χ4n) is 0.940. The van der Waals surface area contributed by atoms with Crippen molar-refractivity contribution in [2.45, 2.75) is 0 Å². The number of methoxy groups -OCH3 is 1. The molecule has 70 valence electrons. The molecule has 5 heteroatoms. The van der Waals surface area contributed by atoms with E-state index in [0.29, 0.717) is 17.1 Å². The Hall–Kier alpha value is -1.91. The fraction of sp³-hybridized carbons (Fsp3) is 0.125. The molecule has 0 aliphatic rings. The summed E-state index contributed by atoms with van der Waals surface area (Å²) in [7, 11) is 1.55. The molecule has 0 bridgehead atoms. The van der Waals surface area contributed by atoms with Gasteiger partial charge < -0.3 is 21.9 Å². The van der Waals surface area contributed by atoms with Gasteiger partial charge >= 0.3 is 0 Å². The Morgan fingerprint density at radius 1 is 1.38 bits per heavy atom. The van der Waals surface area contributed by atoms with Gasteiger partial charge in [-0.3, -0.25) is 0 Å². The Morgan fingerprint density at radius 2 is 2.08 bits per heavy atom. The summed E-state index contributed by atoms with van der Waals surface area (Å²) < 4.78 is 4.97. The largest absolute Gasteiger partial charge is 0.495 e. The number of aliphatic imine (C=N–C) groups is 1. The molecule has 6 N–H and O–H groups in total. The van der Waals surface area contributed by atoms with Crippen molar-refractivity contribution in [3.63, 3.8) is 0 Å². The van der Waals surface area contributed by atoms with Crippen LogP contribution in [0.4, 0.5) is 11.4 Å². The number of nitrogens with zero attached hydrogens (tertiary/aromatic N) is 1. The molecule has 5 nitrogen and oxygen atoms in total. The highest BCUT2D eigenvalue weighted by Gasteiger charge is 1.99. The zero-order chi connectivity index (χ0) is 9.84. The summed E-state index contributed by atoms with van der Waals surface area (Å²) in [6.07, 6.45) is 0. The van der Waals surface area contributed by atoms with E-state index in [1.807, 2.05) is 0 Å². The standard InChI is InChI=1S/C8H12N4O/c1-13-7-3-2-5(4-6(7)9)12-8(10)11/h2-4H,9H2,1H3,(H4,10,11,12). The van der Waals surface area contributed by atoms with Gasteiger partial charge in [0.05, 0.1) is 18.5 Å². The van der Waals surface area contributed by atoms with E-state index in [2.05, 4.69) is 4.99 Å². The highest BCUT2D eigenvalue weighted by Crippen LogP contribution is 2.25. The van der Waals surface area contributed by atoms with Gasteiger partial charge in [0, 0.05) is 0 Å². The Morgan fingerprint density at radius 3 is 2.54 bits per heavy atom. The summed E-state index contributed by atoms with van der Waals surface area (Å²) in [4.78, 5) is 3.83. The van der Waals surface area contributed by atoms with Crippen LogP contribution in [-0.4, -0.2) is 13.1 Å². The van der Waals surface area contributed by atoms with Crippen LogP contribution in [0.25, 0.3) is 0 Å². The van der Waals surface area contributed by atoms with Crippen molar-refractivity contribution < 1.29 is 4.74 Å². The first kappa shape index (κ1) is 9.18. The summed E-state index contributed by atoms with van der Waals surface area (Å²) in [5.41, 5.74) is 17.1. The number of nitrogens with two attached hydrogens (primary N) is 3. The Balaban J connectivity index is 3.03. The van der Waals surface area contributed by atoms with E-state index in [0.717, 1.165) is 0 Å². The van der Waals surface area contributed by atoms with Gasteiger partial charge in [-0.1, -0.05) is 0 Å². The molecule has 0 saturated carbocycles. The fourth-order valence-corrected chi connectivity index (χ4v) is 0.940. The van der Waals surface area contributed by atoms with Crippen LogP contribution in [0.2, 0.25) is 0 Å². The molecule has 0 radical (unpaired) electrons. The molecule has 0 amide bonds. The SMILES string of the molecule is COc1ccc(N=C(N)N)cc1N. The van der Waals surface area contributed by atoms with Crippen LogP contribution >= 0.6 is 0 Å². The quantitative estimate of drug-likeness (QED) is 0.343. The summed E-state index contributed by atoms with van der Waals surface area (Å²) in [6.45, 7) is 0. The molecule has 0 saturated heterocycles. The second-order valence-corrected chi connectivity index (χ2v) is 2.46. The zero-order valence-electron chi connectivity index (χ0n) is 7.32. The number of benzene rings is 1. The van der Waals surface area contributed by atoms with Crippen molar-refractivity contribution in [2.24, 2.45) is 16.5 Å². The Kier molecular flexibility index (Phi) is 2.59.